The number of thiophene rings is 1. The Morgan fingerprint density at radius 1 is 1.22 bits per heavy atom. The molecule has 1 aromatic carbocycles. The molecule has 1 heterocycles. The fourth-order valence-corrected chi connectivity index (χ4v) is 3.70. The van der Waals surface area contributed by atoms with Gasteiger partial charge in [0.15, 0.2) is 5.78 Å². The van der Waals surface area contributed by atoms with Crippen LogP contribution >= 0.6 is 62.1 Å². The number of benzene rings is 1. The van der Waals surface area contributed by atoms with Crippen LogP contribution in [0.15, 0.2) is 28.7 Å². The molecule has 0 amide bonds. The van der Waals surface area contributed by atoms with E-state index in [1.807, 2.05) is 12.1 Å². The van der Waals surface area contributed by atoms with Gasteiger partial charge < -0.3 is 0 Å². The van der Waals surface area contributed by atoms with E-state index in [1.165, 1.54) is 11.3 Å². The molecule has 18 heavy (non-hydrogen) atoms. The van der Waals surface area contributed by atoms with Crippen LogP contribution < -0.4 is 0 Å². The van der Waals surface area contributed by atoms with Gasteiger partial charge in [-0.05, 0) is 23.8 Å². The minimum Gasteiger partial charge on any atom is -0.294 e. The van der Waals surface area contributed by atoms with E-state index < -0.39 is 0 Å². The molecule has 0 N–H and O–H groups in total. The number of carbonyl (C=O) groups excluding carboxylic acids is 1. The summed E-state index contributed by atoms with van der Waals surface area (Å²) in [5, 5.41) is 0.551. The maximum Gasteiger partial charge on any atom is 0.169 e. The van der Waals surface area contributed by atoms with Crippen molar-refractivity contribution in [2.24, 2.45) is 0 Å². The van der Waals surface area contributed by atoms with Gasteiger partial charge in [0.25, 0.3) is 0 Å². The molecule has 0 saturated heterocycles. The van der Waals surface area contributed by atoms with Gasteiger partial charge in [-0.1, -0.05) is 56.8 Å². The topological polar surface area (TPSA) is 17.1 Å². The van der Waals surface area contributed by atoms with Gasteiger partial charge in [-0.25, -0.2) is 0 Å². The number of Topliss-reactive ketones (excluding diaryl/α,β-unsaturated/α-hetero) is 1. The summed E-state index contributed by atoms with van der Waals surface area (Å²) in [6, 6.07) is 7.00. The number of hydrogen-bond donors (Lipinski definition) is 0. The predicted molar refractivity (Wildman–Crippen MR) is 81.5 cm³/mol. The first-order chi connectivity index (χ1) is 8.47. The average molecular weight is 385 g/mol. The maximum atomic E-state index is 12.1. The van der Waals surface area contributed by atoms with Crippen LogP contribution in [0.2, 0.25) is 13.7 Å². The van der Waals surface area contributed by atoms with Gasteiger partial charge in [-0.3, -0.25) is 4.79 Å². The Kier molecular flexibility index (Phi) is 4.73. The SMILES string of the molecule is O=C(Cc1ccc(Br)cc1Cl)c1cc(Cl)sc1Cl. The van der Waals surface area contributed by atoms with Crippen LogP contribution in [0.5, 0.6) is 0 Å². The van der Waals surface area contributed by atoms with E-state index in [4.69, 9.17) is 34.8 Å². The molecule has 0 unspecified atom stereocenters. The standard InChI is InChI=1S/C12H6BrCl3OS/c13-7-2-1-6(9(14)4-7)3-10(17)8-5-11(15)18-12(8)16/h1-2,4-5H,3H2. The number of rotatable bonds is 3. The van der Waals surface area contributed by atoms with E-state index in [1.54, 1.807) is 12.1 Å². The second-order valence-electron chi connectivity index (χ2n) is 3.57. The third-order valence-corrected chi connectivity index (χ3v) is 4.66. The van der Waals surface area contributed by atoms with Crippen molar-refractivity contribution in [2.45, 2.75) is 6.42 Å². The van der Waals surface area contributed by atoms with Gasteiger partial charge >= 0.3 is 0 Å². The van der Waals surface area contributed by atoms with Gasteiger partial charge in [-0.2, -0.15) is 0 Å². The summed E-state index contributed by atoms with van der Waals surface area (Å²) in [7, 11) is 0. The summed E-state index contributed by atoms with van der Waals surface area (Å²) in [6.45, 7) is 0. The first kappa shape index (κ1) is 14.4. The molecule has 1 nitrogen and oxygen atoms in total. The summed E-state index contributed by atoms with van der Waals surface area (Å²) in [4.78, 5) is 12.1. The third kappa shape index (κ3) is 3.28. The number of halogens is 4. The van der Waals surface area contributed by atoms with E-state index in [2.05, 4.69) is 15.9 Å². The zero-order chi connectivity index (χ0) is 13.3. The van der Waals surface area contributed by atoms with Crippen LogP contribution in [-0.2, 0) is 6.42 Å². The van der Waals surface area contributed by atoms with E-state index in [0.717, 1.165) is 10.0 Å². The van der Waals surface area contributed by atoms with Crippen molar-refractivity contribution < 1.29 is 4.79 Å². The van der Waals surface area contributed by atoms with Gasteiger partial charge in [0.05, 0.1) is 4.34 Å². The monoisotopic (exact) mass is 382 g/mol. The first-order valence-electron chi connectivity index (χ1n) is 4.89. The molecule has 0 saturated carbocycles. The molecule has 0 aliphatic heterocycles. The first-order valence-corrected chi connectivity index (χ1v) is 7.63. The van der Waals surface area contributed by atoms with Gasteiger partial charge in [0, 0.05) is 21.5 Å². The number of hydrogen-bond acceptors (Lipinski definition) is 2. The van der Waals surface area contributed by atoms with Crippen molar-refractivity contribution in [3.63, 3.8) is 0 Å². The third-order valence-electron chi connectivity index (χ3n) is 2.32. The van der Waals surface area contributed by atoms with Gasteiger partial charge in [-0.15, -0.1) is 11.3 Å². The highest BCUT2D eigenvalue weighted by Crippen LogP contribution is 2.32. The number of carbonyl (C=O) groups is 1. The number of ketones is 1. The molecule has 0 spiro atoms. The highest BCUT2D eigenvalue weighted by Gasteiger charge is 2.16. The Bertz CT molecular complexity index is 609. The Balaban J connectivity index is 2.24. The van der Waals surface area contributed by atoms with Crippen molar-refractivity contribution in [1.29, 1.82) is 0 Å². The fraction of sp³-hybridized carbons (Fsp3) is 0.0833. The maximum absolute atomic E-state index is 12.1. The molecular formula is C12H6BrCl3OS. The predicted octanol–water partition coefficient (Wildman–Crippen LogP) is 5.90. The minimum atomic E-state index is -0.0904. The van der Waals surface area contributed by atoms with Crippen LogP contribution in [0.25, 0.3) is 0 Å². The van der Waals surface area contributed by atoms with Crippen molar-refractivity contribution in [3.8, 4) is 0 Å². The Morgan fingerprint density at radius 3 is 2.50 bits per heavy atom. The van der Waals surface area contributed by atoms with Crippen LogP contribution in [-0.4, -0.2) is 5.78 Å². The molecular weight excluding hydrogens is 378 g/mol. The Morgan fingerprint density at radius 2 is 1.94 bits per heavy atom. The van der Waals surface area contributed by atoms with Crippen LogP contribution in [0, 0.1) is 0 Å². The molecule has 0 fully saturated rings. The van der Waals surface area contributed by atoms with Crippen LogP contribution in [0.1, 0.15) is 15.9 Å². The molecule has 0 radical (unpaired) electrons. The highest BCUT2D eigenvalue weighted by atomic mass is 79.9. The van der Waals surface area contributed by atoms with E-state index in [9.17, 15) is 4.79 Å². The summed E-state index contributed by atoms with van der Waals surface area (Å²) in [6.07, 6.45) is 0.207. The quantitative estimate of drug-likeness (QED) is 0.603. The lowest BCUT2D eigenvalue weighted by Crippen LogP contribution is -2.03. The van der Waals surface area contributed by atoms with Gasteiger partial charge in [0.2, 0.25) is 0 Å². The lowest BCUT2D eigenvalue weighted by Gasteiger charge is -2.03. The highest BCUT2D eigenvalue weighted by molar-refractivity contribution is 9.10. The molecule has 0 aliphatic carbocycles. The molecule has 94 valence electrons. The zero-order valence-corrected chi connectivity index (χ0v) is 13.5. The summed E-state index contributed by atoms with van der Waals surface area (Å²) >= 11 is 22.3. The van der Waals surface area contributed by atoms with Crippen LogP contribution in [0.4, 0.5) is 0 Å². The molecule has 1 aromatic heterocycles. The van der Waals surface area contributed by atoms with Crippen molar-refractivity contribution in [2.75, 3.05) is 0 Å². The molecule has 2 aromatic rings. The zero-order valence-electron chi connectivity index (χ0n) is 8.84. The molecule has 0 atom stereocenters. The van der Waals surface area contributed by atoms with Crippen molar-refractivity contribution >= 4 is 67.9 Å². The summed E-state index contributed by atoms with van der Waals surface area (Å²) in [5.74, 6) is -0.0904. The summed E-state index contributed by atoms with van der Waals surface area (Å²) in [5.41, 5.74) is 1.22. The largest absolute Gasteiger partial charge is 0.294 e. The molecule has 6 heteroatoms. The molecule has 0 aliphatic rings. The Hall–Kier alpha value is -0.0600. The normalized spacial score (nSPS) is 10.7. The lowest BCUT2D eigenvalue weighted by molar-refractivity contribution is 0.0993. The second kappa shape index (κ2) is 5.93. The van der Waals surface area contributed by atoms with E-state index >= 15 is 0 Å². The molecule has 2 rings (SSSR count). The average Bonchev–Trinajstić information content (AvgIpc) is 2.62. The minimum absolute atomic E-state index is 0.0904. The summed E-state index contributed by atoms with van der Waals surface area (Å²) < 4.78 is 1.80. The van der Waals surface area contributed by atoms with Crippen LogP contribution in [0.3, 0.4) is 0 Å². The molecule has 0 bridgehead atoms. The Labute approximate surface area is 132 Å². The fourth-order valence-electron chi connectivity index (χ4n) is 1.46. The van der Waals surface area contributed by atoms with E-state index in [0.29, 0.717) is 19.3 Å². The smallest absolute Gasteiger partial charge is 0.169 e. The van der Waals surface area contributed by atoms with Gasteiger partial charge in [0.1, 0.15) is 4.34 Å². The van der Waals surface area contributed by atoms with E-state index in [-0.39, 0.29) is 12.2 Å². The van der Waals surface area contributed by atoms with Crippen molar-refractivity contribution in [3.05, 3.63) is 53.6 Å². The van der Waals surface area contributed by atoms with Crippen molar-refractivity contribution in [1.82, 2.24) is 0 Å². The second-order valence-corrected chi connectivity index (χ2v) is 7.18. The lowest BCUT2D eigenvalue weighted by atomic mass is 10.1.